The molecule has 88 valence electrons. The van der Waals surface area contributed by atoms with Crippen molar-refractivity contribution in [1.29, 1.82) is 0 Å². The fraction of sp³-hybridized carbons (Fsp3) is 0.538. The minimum Gasteiger partial charge on any atom is -0.396 e. The van der Waals surface area contributed by atoms with Gasteiger partial charge in [-0.3, -0.25) is 0 Å². The molecule has 0 aromatic heterocycles. The monoisotopic (exact) mass is 223 g/mol. The van der Waals surface area contributed by atoms with Gasteiger partial charge in [-0.15, -0.1) is 0 Å². The second-order valence-electron chi connectivity index (χ2n) is 4.47. The number of aliphatic hydroxyl groups is 1. The summed E-state index contributed by atoms with van der Waals surface area (Å²) in [5, 5.41) is 12.7. The first-order valence-corrected chi connectivity index (χ1v) is 5.89. The van der Waals surface area contributed by atoms with Gasteiger partial charge in [-0.05, 0) is 30.5 Å². The first-order valence-electron chi connectivity index (χ1n) is 5.89. The van der Waals surface area contributed by atoms with Crippen LogP contribution in [0.5, 0.6) is 0 Å². The van der Waals surface area contributed by atoms with Gasteiger partial charge in [-0.2, -0.15) is 0 Å². The summed E-state index contributed by atoms with van der Waals surface area (Å²) in [4.78, 5) is 0. The molecule has 2 nitrogen and oxygen atoms in total. The fourth-order valence-electron chi connectivity index (χ4n) is 1.94. The number of hydrogen-bond acceptors (Lipinski definition) is 2. The lowest BCUT2D eigenvalue weighted by molar-refractivity contribution is 0.247. The maximum absolute atomic E-state index is 12.8. The predicted octanol–water partition coefficient (Wildman–Crippen LogP) is 2.04. The average molecular weight is 223 g/mol. The molecule has 0 saturated heterocycles. The van der Waals surface area contributed by atoms with Crippen molar-refractivity contribution in [1.82, 2.24) is 5.32 Å². The second kappa shape index (κ2) is 5.41. The van der Waals surface area contributed by atoms with Crippen LogP contribution < -0.4 is 5.32 Å². The molecule has 1 fully saturated rings. The third-order valence-corrected chi connectivity index (χ3v) is 3.32. The van der Waals surface area contributed by atoms with Gasteiger partial charge >= 0.3 is 0 Å². The third-order valence-electron chi connectivity index (χ3n) is 3.32. The summed E-state index contributed by atoms with van der Waals surface area (Å²) in [6, 6.07) is 7.01. The number of nitrogens with one attached hydrogen (secondary N) is 1. The molecule has 1 saturated carbocycles. The van der Waals surface area contributed by atoms with E-state index >= 15 is 0 Å². The number of hydrogen-bond donors (Lipinski definition) is 2. The molecular weight excluding hydrogens is 205 g/mol. The van der Waals surface area contributed by atoms with E-state index in [4.69, 9.17) is 0 Å². The Kier molecular flexibility index (Phi) is 3.91. The van der Waals surface area contributed by atoms with Crippen molar-refractivity contribution in [3.8, 4) is 0 Å². The Morgan fingerprint density at radius 1 is 1.31 bits per heavy atom. The number of rotatable bonds is 5. The minimum absolute atomic E-state index is 0.0706. The molecule has 0 bridgehead atoms. The summed E-state index contributed by atoms with van der Waals surface area (Å²) in [5.74, 6) is -0.159. The topological polar surface area (TPSA) is 32.3 Å². The molecule has 0 spiro atoms. The molecule has 0 aliphatic heterocycles. The summed E-state index contributed by atoms with van der Waals surface area (Å²) in [6.07, 6.45) is 3.78. The lowest BCUT2D eigenvalue weighted by Crippen LogP contribution is -2.38. The molecule has 16 heavy (non-hydrogen) atoms. The van der Waals surface area contributed by atoms with Gasteiger partial charge < -0.3 is 10.4 Å². The van der Waals surface area contributed by atoms with E-state index in [1.54, 1.807) is 12.1 Å². The highest BCUT2D eigenvalue weighted by Crippen LogP contribution is 2.20. The van der Waals surface area contributed by atoms with E-state index in [-0.39, 0.29) is 18.3 Å². The molecule has 1 atom stereocenters. The van der Waals surface area contributed by atoms with Gasteiger partial charge in [0.1, 0.15) is 5.82 Å². The second-order valence-corrected chi connectivity index (χ2v) is 4.47. The number of benzene rings is 1. The Morgan fingerprint density at radius 3 is 2.50 bits per heavy atom. The zero-order valence-electron chi connectivity index (χ0n) is 9.32. The van der Waals surface area contributed by atoms with Crippen LogP contribution in [0.1, 0.15) is 30.7 Å². The van der Waals surface area contributed by atoms with E-state index in [0.29, 0.717) is 6.04 Å². The van der Waals surface area contributed by atoms with Gasteiger partial charge in [-0.1, -0.05) is 18.6 Å². The number of aliphatic hydroxyl groups excluding tert-OH is 1. The molecule has 1 aromatic rings. The standard InChI is InChI=1S/C13H18FNO/c14-12-6-4-10(5-7-12)11(9-16)8-15-13-2-1-3-13/h4-7,11,13,15-16H,1-3,8-9H2. The molecule has 1 unspecified atom stereocenters. The Bertz CT molecular complexity index is 321. The molecule has 1 aliphatic rings. The zero-order valence-corrected chi connectivity index (χ0v) is 9.32. The Morgan fingerprint density at radius 2 is 2.00 bits per heavy atom. The van der Waals surface area contributed by atoms with Crippen molar-refractivity contribution in [2.45, 2.75) is 31.2 Å². The van der Waals surface area contributed by atoms with Crippen molar-refractivity contribution in [3.05, 3.63) is 35.6 Å². The van der Waals surface area contributed by atoms with Crippen molar-refractivity contribution >= 4 is 0 Å². The van der Waals surface area contributed by atoms with E-state index < -0.39 is 0 Å². The van der Waals surface area contributed by atoms with Crippen LogP contribution in [-0.2, 0) is 0 Å². The smallest absolute Gasteiger partial charge is 0.123 e. The van der Waals surface area contributed by atoms with Crippen LogP contribution in [0.4, 0.5) is 4.39 Å². The predicted molar refractivity (Wildman–Crippen MR) is 61.9 cm³/mol. The van der Waals surface area contributed by atoms with Crippen molar-refractivity contribution in [2.24, 2.45) is 0 Å². The molecule has 0 heterocycles. The maximum Gasteiger partial charge on any atom is 0.123 e. The normalized spacial score (nSPS) is 18.1. The van der Waals surface area contributed by atoms with Gasteiger partial charge in [-0.25, -0.2) is 4.39 Å². The lowest BCUT2D eigenvalue weighted by atomic mass is 9.92. The SMILES string of the molecule is OCC(CNC1CCC1)c1ccc(F)cc1. The summed E-state index contributed by atoms with van der Waals surface area (Å²) in [7, 11) is 0. The largest absolute Gasteiger partial charge is 0.396 e. The molecule has 1 aromatic carbocycles. The van der Waals surface area contributed by atoms with Gasteiger partial charge in [0, 0.05) is 18.5 Å². The first kappa shape index (κ1) is 11.6. The van der Waals surface area contributed by atoms with Crippen molar-refractivity contribution in [2.75, 3.05) is 13.2 Å². The van der Waals surface area contributed by atoms with Gasteiger partial charge in [0.2, 0.25) is 0 Å². The molecule has 3 heteroatoms. The third kappa shape index (κ3) is 2.80. The van der Waals surface area contributed by atoms with E-state index in [9.17, 15) is 9.50 Å². The highest BCUT2D eigenvalue weighted by Gasteiger charge is 2.18. The van der Waals surface area contributed by atoms with Gasteiger partial charge in [0.25, 0.3) is 0 Å². The van der Waals surface area contributed by atoms with E-state index in [2.05, 4.69) is 5.32 Å². The molecular formula is C13H18FNO. The Labute approximate surface area is 95.5 Å². The van der Waals surface area contributed by atoms with E-state index in [1.165, 1.54) is 31.4 Å². The molecule has 1 aliphatic carbocycles. The van der Waals surface area contributed by atoms with Crippen molar-refractivity contribution in [3.63, 3.8) is 0 Å². The summed E-state index contributed by atoms with van der Waals surface area (Å²) >= 11 is 0. The van der Waals surface area contributed by atoms with E-state index in [0.717, 1.165) is 12.1 Å². The van der Waals surface area contributed by atoms with Crippen LogP contribution in [0, 0.1) is 5.82 Å². The lowest BCUT2D eigenvalue weighted by Gasteiger charge is -2.28. The average Bonchev–Trinajstić information content (AvgIpc) is 2.24. The summed E-state index contributed by atoms with van der Waals surface area (Å²) in [6.45, 7) is 0.873. The Balaban J connectivity index is 1.90. The molecule has 0 radical (unpaired) electrons. The van der Waals surface area contributed by atoms with Crippen LogP contribution in [-0.4, -0.2) is 24.3 Å². The first-order chi connectivity index (χ1) is 7.79. The fourth-order valence-corrected chi connectivity index (χ4v) is 1.94. The van der Waals surface area contributed by atoms with Crippen LogP contribution in [0.15, 0.2) is 24.3 Å². The van der Waals surface area contributed by atoms with E-state index in [1.807, 2.05) is 0 Å². The summed E-state index contributed by atoms with van der Waals surface area (Å²) < 4.78 is 12.8. The highest BCUT2D eigenvalue weighted by atomic mass is 19.1. The zero-order chi connectivity index (χ0) is 11.4. The highest BCUT2D eigenvalue weighted by molar-refractivity contribution is 5.21. The van der Waals surface area contributed by atoms with Gasteiger partial charge in [0.05, 0.1) is 6.61 Å². The quantitative estimate of drug-likeness (QED) is 0.800. The number of halogens is 1. The maximum atomic E-state index is 12.8. The molecule has 2 rings (SSSR count). The van der Waals surface area contributed by atoms with Crippen molar-refractivity contribution < 1.29 is 9.50 Å². The molecule has 0 amide bonds. The van der Waals surface area contributed by atoms with Crippen LogP contribution in [0.25, 0.3) is 0 Å². The van der Waals surface area contributed by atoms with Gasteiger partial charge in [0.15, 0.2) is 0 Å². The van der Waals surface area contributed by atoms with Crippen LogP contribution in [0.2, 0.25) is 0 Å². The molecule has 2 N–H and O–H groups in total. The minimum atomic E-state index is -0.229. The van der Waals surface area contributed by atoms with Crippen LogP contribution >= 0.6 is 0 Å². The Hall–Kier alpha value is -0.930. The summed E-state index contributed by atoms with van der Waals surface area (Å²) in [5.41, 5.74) is 0.996. The van der Waals surface area contributed by atoms with Crippen LogP contribution in [0.3, 0.4) is 0 Å².